The highest BCUT2D eigenvalue weighted by Gasteiger charge is 2.21. The molecule has 0 bridgehead atoms. The van der Waals surface area contributed by atoms with Crippen molar-refractivity contribution in [1.82, 2.24) is 9.13 Å². The van der Waals surface area contributed by atoms with Crippen LogP contribution in [-0.2, 0) is 0 Å². The Balaban J connectivity index is 1.01. The maximum absolute atomic E-state index is 10.6. The first-order chi connectivity index (χ1) is 26.7. The van der Waals surface area contributed by atoms with E-state index in [1.807, 2.05) is 42.5 Å². The zero-order valence-electron chi connectivity index (χ0n) is 28.7. The minimum atomic E-state index is 0.596. The second kappa shape index (κ2) is 10.7. The molecule has 0 aliphatic carbocycles. The second-order valence-corrected chi connectivity index (χ2v) is 14.0. The van der Waals surface area contributed by atoms with Crippen LogP contribution < -0.4 is 0 Å². The summed E-state index contributed by atoms with van der Waals surface area (Å²) >= 11 is 0. The third-order valence-corrected chi connectivity index (χ3v) is 11.2. The van der Waals surface area contributed by atoms with E-state index in [1.54, 1.807) is 0 Å². The molecule has 0 radical (unpaired) electrons. The van der Waals surface area contributed by atoms with Gasteiger partial charge in [0.15, 0.2) is 5.58 Å². The van der Waals surface area contributed by atoms with Gasteiger partial charge in [0.2, 0.25) is 0 Å². The zero-order chi connectivity index (χ0) is 35.5. The SMILES string of the molecule is N#Cc1cc(-c2ccc(-n3c4ccccc4c4ccc5c6ccccc6oc5c43)cc2)ccc1-n1c2ccccc2c2c3oc4ccccc4c3ccc21. The molecule has 0 saturated heterocycles. The fraction of sp³-hybridized carbons (Fsp3) is 0. The summed E-state index contributed by atoms with van der Waals surface area (Å²) < 4.78 is 17.5. The maximum atomic E-state index is 10.6. The average Bonchev–Trinajstić information content (AvgIpc) is 3.98. The molecule has 54 heavy (non-hydrogen) atoms. The summed E-state index contributed by atoms with van der Waals surface area (Å²) in [6.07, 6.45) is 0. The molecule has 12 aromatic rings. The predicted molar refractivity (Wildman–Crippen MR) is 220 cm³/mol. The molecular weight excluding hydrogens is 663 g/mol. The molecule has 250 valence electrons. The molecule has 0 aliphatic rings. The van der Waals surface area contributed by atoms with Crippen molar-refractivity contribution in [3.8, 4) is 28.6 Å². The van der Waals surface area contributed by atoms with Gasteiger partial charge in [-0.25, -0.2) is 0 Å². The Labute approximate surface area is 307 Å². The number of furan rings is 2. The summed E-state index contributed by atoms with van der Waals surface area (Å²) in [6.45, 7) is 0. The highest BCUT2D eigenvalue weighted by Crippen LogP contribution is 2.43. The molecule has 0 atom stereocenters. The number of hydrogen-bond donors (Lipinski definition) is 0. The van der Waals surface area contributed by atoms with E-state index in [-0.39, 0.29) is 0 Å². The lowest BCUT2D eigenvalue weighted by atomic mass is 10.0. The molecule has 0 fully saturated rings. The number of hydrogen-bond acceptors (Lipinski definition) is 3. The van der Waals surface area contributed by atoms with Crippen molar-refractivity contribution in [3.05, 3.63) is 169 Å². The number of benzene rings is 8. The standard InChI is InChI=1S/C49H27N3O2/c50-28-31-27-30(19-25-40(31)52-42-14-6-2-12-39(42)46-43(52)26-24-37-34-10-3-7-15-44(34)53-48(37)46)29-17-20-32(21-18-29)51-41-13-5-1-9-33(41)36-22-23-38-35-11-4-8-16-45(35)54-49(38)47(36)51/h1-27H. The molecule has 0 amide bonds. The van der Waals surface area contributed by atoms with E-state index >= 15 is 0 Å². The minimum absolute atomic E-state index is 0.596. The smallest absolute Gasteiger partial charge is 0.160 e. The highest BCUT2D eigenvalue weighted by molar-refractivity contribution is 6.24. The number of nitrogens with zero attached hydrogens (tertiary/aromatic N) is 3. The van der Waals surface area contributed by atoms with Crippen molar-refractivity contribution in [3.63, 3.8) is 0 Å². The number of para-hydroxylation sites is 4. The van der Waals surface area contributed by atoms with Crippen LogP contribution in [0.2, 0.25) is 0 Å². The van der Waals surface area contributed by atoms with Crippen molar-refractivity contribution in [2.75, 3.05) is 0 Å². The second-order valence-electron chi connectivity index (χ2n) is 14.0. The van der Waals surface area contributed by atoms with Crippen LogP contribution in [0, 0.1) is 11.3 Å². The molecule has 4 aromatic heterocycles. The van der Waals surface area contributed by atoms with Gasteiger partial charge in [-0.05, 0) is 77.9 Å². The summed E-state index contributed by atoms with van der Waals surface area (Å²) in [5, 5.41) is 19.5. The van der Waals surface area contributed by atoms with Crippen LogP contribution in [0.3, 0.4) is 0 Å². The molecule has 5 heteroatoms. The van der Waals surface area contributed by atoms with Crippen molar-refractivity contribution < 1.29 is 8.83 Å². The number of fused-ring (bicyclic) bond motifs is 14. The van der Waals surface area contributed by atoms with Crippen molar-refractivity contribution in [2.24, 2.45) is 0 Å². The van der Waals surface area contributed by atoms with Gasteiger partial charge in [0, 0.05) is 43.4 Å². The van der Waals surface area contributed by atoms with Gasteiger partial charge in [-0.1, -0.05) is 97.1 Å². The van der Waals surface area contributed by atoms with E-state index < -0.39 is 0 Å². The van der Waals surface area contributed by atoms with Crippen LogP contribution in [0.25, 0.3) is 110 Å². The predicted octanol–water partition coefficient (Wildman–Crippen LogP) is 13.2. The summed E-state index contributed by atoms with van der Waals surface area (Å²) in [7, 11) is 0. The summed E-state index contributed by atoms with van der Waals surface area (Å²) in [4.78, 5) is 0. The molecule has 5 nitrogen and oxygen atoms in total. The normalized spacial score (nSPS) is 12.1. The monoisotopic (exact) mass is 689 g/mol. The lowest BCUT2D eigenvalue weighted by molar-refractivity contribution is 0.671. The van der Waals surface area contributed by atoms with Gasteiger partial charge in [0.25, 0.3) is 0 Å². The Hall–Kier alpha value is -7.55. The number of rotatable bonds is 3. The Morgan fingerprint density at radius 2 is 1.00 bits per heavy atom. The van der Waals surface area contributed by atoms with Crippen LogP contribution >= 0.6 is 0 Å². The van der Waals surface area contributed by atoms with Crippen LogP contribution in [-0.4, -0.2) is 9.13 Å². The first-order valence-corrected chi connectivity index (χ1v) is 18.1. The summed E-state index contributed by atoms with van der Waals surface area (Å²) in [6, 6.07) is 59.3. The largest absolute Gasteiger partial charge is 0.455 e. The van der Waals surface area contributed by atoms with Crippen molar-refractivity contribution in [2.45, 2.75) is 0 Å². The van der Waals surface area contributed by atoms with Gasteiger partial charge in [-0.3, -0.25) is 0 Å². The quantitative estimate of drug-likeness (QED) is 0.185. The summed E-state index contributed by atoms with van der Waals surface area (Å²) in [5.74, 6) is 0. The fourth-order valence-electron chi connectivity index (χ4n) is 8.80. The molecule has 0 spiro atoms. The lowest BCUT2D eigenvalue weighted by Gasteiger charge is -2.13. The Morgan fingerprint density at radius 3 is 1.74 bits per heavy atom. The van der Waals surface area contributed by atoms with Gasteiger partial charge in [0.1, 0.15) is 22.8 Å². The summed E-state index contributed by atoms with van der Waals surface area (Å²) in [5.41, 5.74) is 12.2. The van der Waals surface area contributed by atoms with E-state index in [4.69, 9.17) is 8.83 Å². The van der Waals surface area contributed by atoms with Gasteiger partial charge >= 0.3 is 0 Å². The molecule has 0 aliphatic heterocycles. The van der Waals surface area contributed by atoms with Crippen LogP contribution in [0.15, 0.2) is 173 Å². The Bertz CT molecular complexity index is 3570. The van der Waals surface area contributed by atoms with Crippen molar-refractivity contribution in [1.29, 1.82) is 5.26 Å². The third-order valence-electron chi connectivity index (χ3n) is 11.2. The van der Waals surface area contributed by atoms with Crippen molar-refractivity contribution >= 4 is 87.5 Å². The van der Waals surface area contributed by atoms with E-state index in [0.29, 0.717) is 5.56 Å². The maximum Gasteiger partial charge on any atom is 0.160 e. The number of aromatic nitrogens is 2. The lowest BCUT2D eigenvalue weighted by Crippen LogP contribution is -1.98. The molecule has 0 unspecified atom stereocenters. The molecule has 12 rings (SSSR count). The van der Waals surface area contributed by atoms with Crippen LogP contribution in [0.5, 0.6) is 0 Å². The molecule has 8 aromatic carbocycles. The topological polar surface area (TPSA) is 59.9 Å². The van der Waals surface area contributed by atoms with Gasteiger partial charge < -0.3 is 18.0 Å². The first kappa shape index (κ1) is 29.1. The number of nitriles is 1. The van der Waals surface area contributed by atoms with Crippen LogP contribution in [0.4, 0.5) is 0 Å². The minimum Gasteiger partial charge on any atom is -0.455 e. The fourth-order valence-corrected chi connectivity index (χ4v) is 8.80. The van der Waals surface area contributed by atoms with E-state index in [9.17, 15) is 5.26 Å². The Kier molecular flexibility index (Phi) is 5.78. The first-order valence-electron chi connectivity index (χ1n) is 18.1. The molecular formula is C49H27N3O2. The van der Waals surface area contributed by atoms with Gasteiger partial charge in [-0.2, -0.15) is 5.26 Å². The molecule has 4 heterocycles. The zero-order valence-corrected chi connectivity index (χ0v) is 28.7. The van der Waals surface area contributed by atoms with E-state index in [1.165, 1.54) is 5.39 Å². The Morgan fingerprint density at radius 1 is 0.426 bits per heavy atom. The average molecular weight is 690 g/mol. The third kappa shape index (κ3) is 3.86. The molecule has 0 N–H and O–H groups in total. The van der Waals surface area contributed by atoms with Crippen LogP contribution in [0.1, 0.15) is 5.56 Å². The van der Waals surface area contributed by atoms with Gasteiger partial charge in [-0.15, -0.1) is 0 Å². The van der Waals surface area contributed by atoms with E-state index in [0.717, 1.165) is 105 Å². The van der Waals surface area contributed by atoms with Gasteiger partial charge in [0.05, 0.1) is 38.7 Å². The molecule has 0 saturated carbocycles. The highest BCUT2D eigenvalue weighted by atomic mass is 16.3. The van der Waals surface area contributed by atoms with E-state index in [2.05, 4.69) is 137 Å².